The van der Waals surface area contributed by atoms with Crippen molar-refractivity contribution >= 4 is 99.2 Å². The van der Waals surface area contributed by atoms with Crippen LogP contribution >= 0.6 is 58.0 Å². The lowest BCUT2D eigenvalue weighted by molar-refractivity contribution is -0.122. The monoisotopic (exact) mass is 625 g/mol. The van der Waals surface area contributed by atoms with E-state index >= 15 is 0 Å². The molecule has 0 radical (unpaired) electrons. The van der Waals surface area contributed by atoms with Crippen LogP contribution in [0.4, 0.5) is 16.2 Å². The summed E-state index contributed by atoms with van der Waals surface area (Å²) in [5, 5.41) is 5.72. The summed E-state index contributed by atoms with van der Waals surface area (Å²) >= 11 is 30.6. The van der Waals surface area contributed by atoms with Crippen LogP contribution in [0.3, 0.4) is 0 Å². The molecule has 0 spiro atoms. The molecule has 8 nitrogen and oxygen atoms in total. The van der Waals surface area contributed by atoms with E-state index in [4.69, 9.17) is 62.7 Å². The lowest BCUT2D eigenvalue weighted by Gasteiger charge is -2.27. The molecule has 0 atom stereocenters. The molecule has 0 saturated carbocycles. The van der Waals surface area contributed by atoms with Gasteiger partial charge in [0, 0.05) is 10.7 Å². The Balaban J connectivity index is 1.53. The third-order valence-corrected chi connectivity index (χ3v) is 7.17. The largest absolute Gasteiger partial charge is 0.481 e. The zero-order valence-electron chi connectivity index (χ0n) is 19.8. The highest BCUT2D eigenvalue weighted by Gasteiger charge is 2.37. The molecule has 3 aromatic rings. The van der Waals surface area contributed by atoms with Gasteiger partial charge >= 0.3 is 6.03 Å². The number of benzene rings is 3. The summed E-state index contributed by atoms with van der Waals surface area (Å²) in [6.07, 6.45) is 1.23. The minimum Gasteiger partial charge on any atom is -0.481 e. The van der Waals surface area contributed by atoms with E-state index in [2.05, 4.69) is 10.6 Å². The second-order valence-corrected chi connectivity index (χ2v) is 10.2. The maximum absolute atomic E-state index is 13.2. The maximum atomic E-state index is 13.2. The van der Waals surface area contributed by atoms with Crippen molar-refractivity contribution in [1.29, 1.82) is 0 Å². The number of ether oxygens (including phenoxy) is 1. The van der Waals surface area contributed by atoms with Crippen molar-refractivity contribution < 1.29 is 23.9 Å². The first kappa shape index (κ1) is 28.7. The third-order valence-electron chi connectivity index (χ3n) is 5.46. The van der Waals surface area contributed by atoms with Gasteiger partial charge in [0.25, 0.3) is 17.7 Å². The van der Waals surface area contributed by atoms with E-state index in [0.717, 1.165) is 4.90 Å². The Bertz CT molecular complexity index is 1550. The van der Waals surface area contributed by atoms with Gasteiger partial charge < -0.3 is 10.1 Å². The van der Waals surface area contributed by atoms with Crippen LogP contribution in [0.1, 0.15) is 11.1 Å². The Labute approximate surface area is 247 Å². The van der Waals surface area contributed by atoms with E-state index in [1.165, 1.54) is 36.4 Å². The van der Waals surface area contributed by atoms with Gasteiger partial charge in [-0.05, 0) is 66.6 Å². The second kappa shape index (κ2) is 11.9. The zero-order valence-corrected chi connectivity index (χ0v) is 23.6. The molecule has 1 saturated heterocycles. The van der Waals surface area contributed by atoms with E-state index in [-0.39, 0.29) is 37.6 Å². The number of hydrogen-bond donors (Lipinski definition) is 2. The molecule has 1 fully saturated rings. The molecule has 0 aromatic heterocycles. The molecule has 2 N–H and O–H groups in total. The number of barbiturate groups is 1. The fourth-order valence-corrected chi connectivity index (χ4v) is 4.67. The molecule has 0 aliphatic carbocycles. The standard InChI is InChI=1S/C26H16Cl5N3O5/c1-12-16(27)3-2-4-21(12)34-25(37)15(24(36)33-26(34)38)7-13-8-19(30)23(20(31)9-13)39-11-22(35)32-14-5-6-17(28)18(29)10-14/h2-10H,11H2,1H3,(H,32,35)(H,33,36,38)/b15-7-. The molecular weight excluding hydrogens is 612 g/mol. The van der Waals surface area contributed by atoms with Gasteiger partial charge in [0.15, 0.2) is 12.4 Å². The van der Waals surface area contributed by atoms with Crippen molar-refractivity contribution in [2.75, 3.05) is 16.8 Å². The van der Waals surface area contributed by atoms with Gasteiger partial charge in [0.1, 0.15) is 5.57 Å². The summed E-state index contributed by atoms with van der Waals surface area (Å²) in [4.78, 5) is 51.3. The van der Waals surface area contributed by atoms with Crippen LogP contribution in [-0.2, 0) is 14.4 Å². The lowest BCUT2D eigenvalue weighted by Crippen LogP contribution is -2.54. The molecule has 3 aromatic carbocycles. The number of amides is 5. The smallest absolute Gasteiger partial charge is 0.335 e. The molecule has 13 heteroatoms. The number of halogens is 5. The Kier molecular flexibility index (Phi) is 8.73. The number of hydrogen-bond acceptors (Lipinski definition) is 5. The number of urea groups is 1. The summed E-state index contributed by atoms with van der Waals surface area (Å²) < 4.78 is 5.49. The van der Waals surface area contributed by atoms with Crippen LogP contribution in [0.15, 0.2) is 54.1 Å². The Morgan fingerprint density at radius 1 is 0.923 bits per heavy atom. The van der Waals surface area contributed by atoms with Gasteiger partial charge in [0.05, 0.1) is 25.8 Å². The first-order valence-electron chi connectivity index (χ1n) is 11.0. The molecule has 1 aliphatic rings. The first-order chi connectivity index (χ1) is 18.5. The normalized spacial score (nSPS) is 14.5. The highest BCUT2D eigenvalue weighted by Crippen LogP contribution is 2.36. The molecule has 0 unspecified atom stereocenters. The summed E-state index contributed by atoms with van der Waals surface area (Å²) in [6.45, 7) is 1.21. The number of anilines is 2. The predicted octanol–water partition coefficient (Wildman–Crippen LogP) is 6.95. The fraction of sp³-hybridized carbons (Fsp3) is 0.0769. The predicted molar refractivity (Wildman–Crippen MR) is 152 cm³/mol. The van der Waals surface area contributed by atoms with Gasteiger partial charge in [-0.25, -0.2) is 9.69 Å². The van der Waals surface area contributed by atoms with E-state index in [0.29, 0.717) is 21.3 Å². The van der Waals surface area contributed by atoms with Crippen molar-refractivity contribution in [2.45, 2.75) is 6.92 Å². The average Bonchev–Trinajstić information content (AvgIpc) is 2.86. The van der Waals surface area contributed by atoms with Crippen molar-refractivity contribution in [2.24, 2.45) is 0 Å². The summed E-state index contributed by atoms with van der Waals surface area (Å²) in [5.41, 5.74) is 1.05. The van der Waals surface area contributed by atoms with Gasteiger partial charge in [-0.2, -0.15) is 0 Å². The molecule has 0 bridgehead atoms. The van der Waals surface area contributed by atoms with Crippen molar-refractivity contribution in [3.05, 3.63) is 90.3 Å². The number of rotatable bonds is 6. The Morgan fingerprint density at radius 2 is 1.62 bits per heavy atom. The van der Waals surface area contributed by atoms with Gasteiger partial charge in [0.2, 0.25) is 0 Å². The zero-order chi connectivity index (χ0) is 28.4. The number of nitrogens with one attached hydrogen (secondary N) is 2. The SMILES string of the molecule is Cc1c(Cl)cccc1N1C(=O)NC(=O)/C(=C/c2cc(Cl)c(OCC(=O)Nc3ccc(Cl)c(Cl)c3)c(Cl)c2)C1=O. The van der Waals surface area contributed by atoms with Crippen LogP contribution in [0.25, 0.3) is 6.08 Å². The summed E-state index contributed by atoms with van der Waals surface area (Å²) in [6, 6.07) is 11.2. The van der Waals surface area contributed by atoms with Gasteiger partial charge in [-0.15, -0.1) is 0 Å². The van der Waals surface area contributed by atoms with Crippen LogP contribution in [0, 0.1) is 6.92 Å². The quantitative estimate of drug-likeness (QED) is 0.228. The van der Waals surface area contributed by atoms with Crippen LogP contribution in [-0.4, -0.2) is 30.4 Å². The highest BCUT2D eigenvalue weighted by molar-refractivity contribution is 6.42. The number of carbonyl (C=O) groups is 4. The minimum absolute atomic E-state index is 0.00977. The number of nitrogens with zero attached hydrogens (tertiary/aromatic N) is 1. The van der Waals surface area contributed by atoms with Gasteiger partial charge in [-0.1, -0.05) is 64.1 Å². The molecule has 1 aliphatic heterocycles. The van der Waals surface area contributed by atoms with Crippen LogP contribution in [0.5, 0.6) is 5.75 Å². The fourth-order valence-electron chi connectivity index (χ4n) is 3.59. The summed E-state index contributed by atoms with van der Waals surface area (Å²) in [5.74, 6) is -2.26. The van der Waals surface area contributed by atoms with E-state index < -0.39 is 30.4 Å². The number of carbonyl (C=O) groups excluding carboxylic acids is 4. The van der Waals surface area contributed by atoms with E-state index in [9.17, 15) is 19.2 Å². The molecule has 1 heterocycles. The topological polar surface area (TPSA) is 105 Å². The highest BCUT2D eigenvalue weighted by atomic mass is 35.5. The molecule has 200 valence electrons. The van der Waals surface area contributed by atoms with E-state index in [1.54, 1.807) is 25.1 Å². The van der Waals surface area contributed by atoms with Crippen molar-refractivity contribution in [1.82, 2.24) is 5.32 Å². The van der Waals surface area contributed by atoms with Crippen LogP contribution in [0.2, 0.25) is 25.1 Å². The lowest BCUT2D eigenvalue weighted by atomic mass is 10.1. The van der Waals surface area contributed by atoms with Crippen LogP contribution < -0.4 is 20.3 Å². The third kappa shape index (κ3) is 6.32. The number of imide groups is 2. The minimum atomic E-state index is -0.911. The van der Waals surface area contributed by atoms with Gasteiger partial charge in [-0.3, -0.25) is 19.7 Å². The average molecular weight is 628 g/mol. The first-order valence-corrected chi connectivity index (χ1v) is 12.9. The van der Waals surface area contributed by atoms with Crippen molar-refractivity contribution in [3.63, 3.8) is 0 Å². The molecule has 4 rings (SSSR count). The van der Waals surface area contributed by atoms with Crippen molar-refractivity contribution in [3.8, 4) is 5.75 Å². The maximum Gasteiger partial charge on any atom is 0.335 e. The molecular formula is C26H16Cl5N3O5. The second-order valence-electron chi connectivity index (χ2n) is 8.12. The summed E-state index contributed by atoms with van der Waals surface area (Å²) in [7, 11) is 0. The Hall–Kier alpha value is -3.27. The molecule has 39 heavy (non-hydrogen) atoms. The molecule has 5 amide bonds. The Morgan fingerprint density at radius 3 is 2.28 bits per heavy atom. The van der Waals surface area contributed by atoms with E-state index in [1.807, 2.05) is 0 Å².